The van der Waals surface area contributed by atoms with Crippen LogP contribution in [0.15, 0.2) is 261 Å². The Kier molecular flexibility index (Phi) is 8.50. The van der Waals surface area contributed by atoms with Crippen molar-refractivity contribution in [2.24, 2.45) is 0 Å². The average molecular weight is 866 g/mol. The highest BCUT2D eigenvalue weighted by Crippen LogP contribution is 2.67. The number of benzene rings is 11. The van der Waals surface area contributed by atoms with Gasteiger partial charge in [0.05, 0.1) is 27.8 Å². The largest absolute Gasteiger partial charge is 0.310 e. The van der Waals surface area contributed by atoms with E-state index in [1.807, 2.05) is 0 Å². The van der Waals surface area contributed by atoms with Gasteiger partial charge >= 0.3 is 0 Å². The van der Waals surface area contributed by atoms with Crippen LogP contribution in [0.2, 0.25) is 0 Å². The first kappa shape index (κ1) is 38.4. The molecule has 2 aliphatic rings. The Bertz CT molecular complexity index is 3890. The second kappa shape index (κ2) is 15.1. The van der Waals surface area contributed by atoms with Crippen LogP contribution < -0.4 is 9.80 Å². The van der Waals surface area contributed by atoms with E-state index in [0.29, 0.717) is 0 Å². The lowest BCUT2D eigenvalue weighted by Gasteiger charge is -2.36. The van der Waals surface area contributed by atoms with Crippen molar-refractivity contribution in [3.8, 4) is 27.9 Å². The highest BCUT2D eigenvalue weighted by atomic mass is 15.2. The van der Waals surface area contributed by atoms with Crippen LogP contribution in [0.4, 0.5) is 34.1 Å². The summed E-state index contributed by atoms with van der Waals surface area (Å²) in [4.78, 5) is 4.97. The predicted molar refractivity (Wildman–Crippen MR) is 284 cm³/mol. The third-order valence-corrected chi connectivity index (χ3v) is 14.5. The summed E-state index contributed by atoms with van der Waals surface area (Å²) in [5.41, 5.74) is 19.7. The quantitative estimate of drug-likeness (QED) is 0.158. The summed E-state index contributed by atoms with van der Waals surface area (Å²) in [6.07, 6.45) is 0. The van der Waals surface area contributed by atoms with Crippen LogP contribution in [0.25, 0.3) is 60.5 Å². The molecule has 0 aliphatic heterocycles. The van der Waals surface area contributed by atoms with E-state index in [1.54, 1.807) is 0 Å². The molecule has 2 aliphatic carbocycles. The van der Waals surface area contributed by atoms with E-state index in [4.69, 9.17) is 0 Å². The lowest BCUT2D eigenvalue weighted by atomic mass is 9.70. The minimum atomic E-state index is -0.634. The maximum absolute atomic E-state index is 2.52. The van der Waals surface area contributed by atoms with Crippen molar-refractivity contribution in [3.63, 3.8) is 0 Å². The maximum Gasteiger partial charge on any atom is 0.0746 e. The molecule has 0 fully saturated rings. The van der Waals surface area contributed by atoms with Crippen LogP contribution in [0.5, 0.6) is 0 Å². The first-order valence-corrected chi connectivity index (χ1v) is 23.5. The van der Waals surface area contributed by atoms with Crippen molar-refractivity contribution >= 4 is 66.7 Å². The van der Waals surface area contributed by atoms with Gasteiger partial charge in [0.25, 0.3) is 0 Å². The van der Waals surface area contributed by atoms with E-state index in [2.05, 4.69) is 275 Å². The van der Waals surface area contributed by atoms with Crippen molar-refractivity contribution in [1.82, 2.24) is 4.57 Å². The van der Waals surface area contributed by atoms with E-state index >= 15 is 0 Å². The SMILES string of the molecule is c1ccc(N(c2ccccc2)c2cccc3c2C2(c4ccccc4-3)c3ccccc3-c3c(N(c4ccc5ccccc5c4)c4ccc5c6ccccc6n(-c6ccccc6)c5c4)cccc32)cc1. The standard InChI is InChI=1S/C65H43N3/c1-4-22-46(23-5-1)66(47-24-6-2-7-25-47)61-37-18-31-54-51-28-12-15-32-56(51)65(64(54)61)57-33-16-13-30-55(57)63-58(65)34-19-36-60(63)67(49-39-38-44-20-10-11-21-45(44)42-49)50-40-41-53-52-29-14-17-35-59(52)68(62(53)43-50)48-26-8-3-9-27-48/h1-43H. The van der Waals surface area contributed by atoms with Gasteiger partial charge in [0.15, 0.2) is 0 Å². The van der Waals surface area contributed by atoms with Gasteiger partial charge in [0.2, 0.25) is 0 Å². The number of rotatable bonds is 7. The number of nitrogens with zero attached hydrogens (tertiary/aromatic N) is 3. The third-order valence-electron chi connectivity index (χ3n) is 14.5. The molecule has 0 saturated carbocycles. The summed E-state index contributed by atoms with van der Waals surface area (Å²) in [5.74, 6) is 0. The molecule has 3 heteroatoms. The Morgan fingerprint density at radius 3 is 1.62 bits per heavy atom. The molecular weight excluding hydrogens is 823 g/mol. The molecule has 318 valence electrons. The van der Waals surface area contributed by atoms with Gasteiger partial charge in [-0.2, -0.15) is 0 Å². The molecule has 1 unspecified atom stereocenters. The van der Waals surface area contributed by atoms with Crippen molar-refractivity contribution in [1.29, 1.82) is 0 Å². The molecule has 1 heterocycles. The second-order valence-corrected chi connectivity index (χ2v) is 18.0. The molecule has 1 atom stereocenters. The highest BCUT2D eigenvalue weighted by Gasteiger charge is 2.54. The first-order chi connectivity index (χ1) is 33.8. The van der Waals surface area contributed by atoms with Gasteiger partial charge in [-0.1, -0.05) is 182 Å². The zero-order valence-corrected chi connectivity index (χ0v) is 37.2. The zero-order valence-electron chi connectivity index (χ0n) is 37.2. The Hall–Kier alpha value is -8.92. The van der Waals surface area contributed by atoms with Crippen molar-refractivity contribution in [2.45, 2.75) is 5.41 Å². The van der Waals surface area contributed by atoms with Crippen molar-refractivity contribution in [3.05, 3.63) is 283 Å². The smallest absolute Gasteiger partial charge is 0.0746 e. The van der Waals surface area contributed by atoms with Gasteiger partial charge in [0, 0.05) is 50.3 Å². The molecule has 11 aromatic carbocycles. The summed E-state index contributed by atoms with van der Waals surface area (Å²) in [7, 11) is 0. The summed E-state index contributed by atoms with van der Waals surface area (Å²) < 4.78 is 2.42. The monoisotopic (exact) mass is 865 g/mol. The normalized spacial score (nSPS) is 14.2. The maximum atomic E-state index is 2.52. The molecule has 3 nitrogen and oxygen atoms in total. The molecule has 1 aromatic heterocycles. The van der Waals surface area contributed by atoms with Gasteiger partial charge < -0.3 is 14.4 Å². The third kappa shape index (κ3) is 5.47. The van der Waals surface area contributed by atoms with E-state index in [0.717, 1.165) is 45.3 Å². The van der Waals surface area contributed by atoms with Crippen LogP contribution in [0.3, 0.4) is 0 Å². The molecule has 0 amide bonds. The minimum absolute atomic E-state index is 0.634. The Balaban J connectivity index is 1.08. The van der Waals surface area contributed by atoms with E-state index in [9.17, 15) is 0 Å². The molecule has 0 bridgehead atoms. The van der Waals surface area contributed by atoms with Crippen LogP contribution in [0, 0.1) is 0 Å². The molecule has 12 aromatic rings. The number of hydrogen-bond donors (Lipinski definition) is 0. The fourth-order valence-electron chi connectivity index (χ4n) is 11.9. The number of para-hydroxylation sites is 4. The summed E-state index contributed by atoms with van der Waals surface area (Å²) in [6.45, 7) is 0. The molecule has 1 spiro atoms. The van der Waals surface area contributed by atoms with E-state index in [1.165, 1.54) is 71.6 Å². The Morgan fingerprint density at radius 1 is 0.309 bits per heavy atom. The van der Waals surface area contributed by atoms with Gasteiger partial charge in [-0.05, 0) is 123 Å². The number of hydrogen-bond acceptors (Lipinski definition) is 2. The van der Waals surface area contributed by atoms with Crippen molar-refractivity contribution in [2.75, 3.05) is 9.80 Å². The van der Waals surface area contributed by atoms with Crippen LogP contribution in [0.1, 0.15) is 22.3 Å². The fourth-order valence-corrected chi connectivity index (χ4v) is 11.9. The van der Waals surface area contributed by atoms with E-state index < -0.39 is 5.41 Å². The topological polar surface area (TPSA) is 11.4 Å². The van der Waals surface area contributed by atoms with Crippen LogP contribution in [-0.4, -0.2) is 4.57 Å². The molecule has 14 rings (SSSR count). The lowest BCUT2D eigenvalue weighted by molar-refractivity contribution is 0.793. The number of anilines is 6. The average Bonchev–Trinajstić information content (AvgIpc) is 4.02. The van der Waals surface area contributed by atoms with Gasteiger partial charge in [-0.3, -0.25) is 0 Å². The van der Waals surface area contributed by atoms with Gasteiger partial charge in [0.1, 0.15) is 0 Å². The molecular formula is C65H43N3. The number of fused-ring (bicyclic) bond motifs is 14. The van der Waals surface area contributed by atoms with Crippen LogP contribution in [-0.2, 0) is 5.41 Å². The summed E-state index contributed by atoms with van der Waals surface area (Å²) >= 11 is 0. The van der Waals surface area contributed by atoms with Crippen LogP contribution >= 0.6 is 0 Å². The van der Waals surface area contributed by atoms with Crippen molar-refractivity contribution < 1.29 is 0 Å². The zero-order chi connectivity index (χ0) is 44.8. The Labute approximate surface area is 395 Å². The molecule has 0 saturated heterocycles. The Morgan fingerprint density at radius 2 is 0.838 bits per heavy atom. The molecule has 0 N–H and O–H groups in total. The summed E-state index contributed by atoms with van der Waals surface area (Å²) in [5, 5.41) is 4.87. The molecule has 68 heavy (non-hydrogen) atoms. The lowest BCUT2D eigenvalue weighted by Crippen LogP contribution is -2.28. The van der Waals surface area contributed by atoms with Gasteiger partial charge in [-0.15, -0.1) is 0 Å². The molecule has 0 radical (unpaired) electrons. The highest BCUT2D eigenvalue weighted by molar-refractivity contribution is 6.11. The van der Waals surface area contributed by atoms with Gasteiger partial charge in [-0.25, -0.2) is 0 Å². The minimum Gasteiger partial charge on any atom is -0.310 e. The predicted octanol–water partition coefficient (Wildman–Crippen LogP) is 17.2. The second-order valence-electron chi connectivity index (χ2n) is 18.0. The first-order valence-electron chi connectivity index (χ1n) is 23.5. The summed E-state index contributed by atoms with van der Waals surface area (Å²) in [6, 6.07) is 96.2. The number of aromatic nitrogens is 1. The fraction of sp³-hybridized carbons (Fsp3) is 0.0154. The van der Waals surface area contributed by atoms with E-state index in [-0.39, 0.29) is 0 Å².